The Kier molecular flexibility index (Phi) is 4.71. The molecule has 0 aliphatic carbocycles. The van der Waals surface area contributed by atoms with Gasteiger partial charge in [-0.25, -0.2) is 4.39 Å². The number of hydrogen-bond donors (Lipinski definition) is 0. The Morgan fingerprint density at radius 2 is 2.00 bits per heavy atom. The SMILES string of the molecule is Cc1cc(CN2CCN(C(=O)Cc3ccccc3F)CC2)no1. The molecule has 1 fully saturated rings. The normalized spacial score (nSPS) is 15.8. The van der Waals surface area contributed by atoms with Gasteiger partial charge in [0.05, 0.1) is 12.1 Å². The minimum Gasteiger partial charge on any atom is -0.361 e. The van der Waals surface area contributed by atoms with Crippen LogP contribution in [0.5, 0.6) is 0 Å². The number of hydrogen-bond acceptors (Lipinski definition) is 4. The first-order chi connectivity index (χ1) is 11.1. The highest BCUT2D eigenvalue weighted by atomic mass is 19.1. The van der Waals surface area contributed by atoms with E-state index >= 15 is 0 Å². The highest BCUT2D eigenvalue weighted by Crippen LogP contribution is 2.12. The van der Waals surface area contributed by atoms with Crippen molar-refractivity contribution in [3.8, 4) is 0 Å². The van der Waals surface area contributed by atoms with Gasteiger partial charge in [0.25, 0.3) is 0 Å². The number of aryl methyl sites for hydroxylation is 1. The van der Waals surface area contributed by atoms with Crippen molar-refractivity contribution in [2.45, 2.75) is 19.9 Å². The summed E-state index contributed by atoms with van der Waals surface area (Å²) in [6.45, 7) is 5.49. The van der Waals surface area contributed by atoms with E-state index in [4.69, 9.17) is 4.52 Å². The minimum atomic E-state index is -0.319. The quantitative estimate of drug-likeness (QED) is 0.865. The third-order valence-electron chi connectivity index (χ3n) is 4.09. The molecule has 0 unspecified atom stereocenters. The molecular formula is C17H20FN3O2. The third kappa shape index (κ3) is 3.96. The van der Waals surface area contributed by atoms with Crippen LogP contribution in [0, 0.1) is 12.7 Å². The molecule has 1 aliphatic rings. The number of benzene rings is 1. The third-order valence-corrected chi connectivity index (χ3v) is 4.09. The Bertz CT molecular complexity index is 678. The molecule has 5 nitrogen and oxygen atoms in total. The predicted octanol–water partition coefficient (Wildman–Crippen LogP) is 2.01. The zero-order valence-corrected chi connectivity index (χ0v) is 13.2. The monoisotopic (exact) mass is 317 g/mol. The number of amides is 1. The van der Waals surface area contributed by atoms with Crippen LogP contribution < -0.4 is 0 Å². The summed E-state index contributed by atoms with van der Waals surface area (Å²) in [5, 5.41) is 3.99. The summed E-state index contributed by atoms with van der Waals surface area (Å²) >= 11 is 0. The number of aromatic nitrogens is 1. The molecule has 0 bridgehead atoms. The summed E-state index contributed by atoms with van der Waals surface area (Å²) < 4.78 is 18.7. The van der Waals surface area contributed by atoms with Gasteiger partial charge in [0.1, 0.15) is 11.6 Å². The highest BCUT2D eigenvalue weighted by molar-refractivity contribution is 5.79. The molecular weight excluding hydrogens is 297 g/mol. The van der Waals surface area contributed by atoms with Crippen molar-refractivity contribution < 1.29 is 13.7 Å². The van der Waals surface area contributed by atoms with E-state index in [1.54, 1.807) is 23.1 Å². The summed E-state index contributed by atoms with van der Waals surface area (Å²) in [5.41, 5.74) is 1.37. The van der Waals surface area contributed by atoms with Gasteiger partial charge in [-0.1, -0.05) is 23.4 Å². The van der Waals surface area contributed by atoms with Crippen molar-refractivity contribution in [2.75, 3.05) is 26.2 Å². The molecule has 1 aromatic heterocycles. The first kappa shape index (κ1) is 15.7. The molecule has 0 radical (unpaired) electrons. The molecule has 2 aromatic rings. The maximum absolute atomic E-state index is 13.6. The number of piperazine rings is 1. The fourth-order valence-corrected chi connectivity index (χ4v) is 2.79. The number of carbonyl (C=O) groups is 1. The summed E-state index contributed by atoms with van der Waals surface area (Å²) in [6, 6.07) is 8.36. The van der Waals surface area contributed by atoms with Crippen molar-refractivity contribution in [3.05, 3.63) is 53.2 Å². The zero-order chi connectivity index (χ0) is 16.2. The van der Waals surface area contributed by atoms with E-state index in [0.717, 1.165) is 31.1 Å². The van der Waals surface area contributed by atoms with Crippen molar-refractivity contribution >= 4 is 5.91 Å². The van der Waals surface area contributed by atoms with Crippen LogP contribution in [0.15, 0.2) is 34.9 Å². The van der Waals surface area contributed by atoms with Crippen LogP contribution in [-0.2, 0) is 17.8 Å². The molecule has 0 atom stereocenters. The minimum absolute atomic E-state index is 0.0213. The molecule has 6 heteroatoms. The van der Waals surface area contributed by atoms with E-state index in [2.05, 4.69) is 10.1 Å². The summed E-state index contributed by atoms with van der Waals surface area (Å²) in [7, 11) is 0. The van der Waals surface area contributed by atoms with E-state index in [9.17, 15) is 9.18 Å². The van der Waals surface area contributed by atoms with Crippen molar-refractivity contribution in [1.29, 1.82) is 0 Å². The van der Waals surface area contributed by atoms with Gasteiger partial charge in [-0.15, -0.1) is 0 Å². The van der Waals surface area contributed by atoms with Gasteiger partial charge in [-0.2, -0.15) is 0 Å². The van der Waals surface area contributed by atoms with E-state index in [1.165, 1.54) is 6.07 Å². The second kappa shape index (κ2) is 6.91. The number of halogens is 1. The van der Waals surface area contributed by atoms with Crippen molar-refractivity contribution in [2.24, 2.45) is 0 Å². The van der Waals surface area contributed by atoms with Gasteiger partial charge in [-0.05, 0) is 18.6 Å². The summed E-state index contributed by atoms with van der Waals surface area (Å²) in [6.07, 6.45) is 0.120. The van der Waals surface area contributed by atoms with E-state index in [0.29, 0.717) is 18.7 Å². The average Bonchev–Trinajstić information content (AvgIpc) is 2.95. The average molecular weight is 317 g/mol. The number of rotatable bonds is 4. The highest BCUT2D eigenvalue weighted by Gasteiger charge is 2.22. The Labute approximate surface area is 134 Å². The van der Waals surface area contributed by atoms with Crippen LogP contribution in [0.2, 0.25) is 0 Å². The van der Waals surface area contributed by atoms with Gasteiger partial charge >= 0.3 is 0 Å². The lowest BCUT2D eigenvalue weighted by Crippen LogP contribution is -2.48. The van der Waals surface area contributed by atoms with E-state index < -0.39 is 0 Å². The van der Waals surface area contributed by atoms with E-state index in [1.807, 2.05) is 13.0 Å². The van der Waals surface area contributed by atoms with Crippen LogP contribution in [0.4, 0.5) is 4.39 Å². The Morgan fingerprint density at radius 3 is 2.65 bits per heavy atom. The topological polar surface area (TPSA) is 49.6 Å². The number of nitrogens with zero attached hydrogens (tertiary/aromatic N) is 3. The Balaban J connectivity index is 1.50. The van der Waals surface area contributed by atoms with Crippen molar-refractivity contribution in [1.82, 2.24) is 15.0 Å². The van der Waals surface area contributed by atoms with Crippen LogP contribution in [0.25, 0.3) is 0 Å². The molecule has 2 heterocycles. The lowest BCUT2D eigenvalue weighted by Gasteiger charge is -2.34. The van der Waals surface area contributed by atoms with Gasteiger partial charge in [-0.3, -0.25) is 9.69 Å². The molecule has 1 amide bonds. The molecule has 1 saturated heterocycles. The first-order valence-corrected chi connectivity index (χ1v) is 7.77. The van der Waals surface area contributed by atoms with E-state index in [-0.39, 0.29) is 18.1 Å². The molecule has 0 saturated carbocycles. The Morgan fingerprint density at radius 1 is 1.26 bits per heavy atom. The van der Waals surface area contributed by atoms with Crippen LogP contribution in [0.3, 0.4) is 0 Å². The fourth-order valence-electron chi connectivity index (χ4n) is 2.79. The lowest BCUT2D eigenvalue weighted by atomic mass is 10.1. The standard InChI is InChI=1S/C17H20FN3O2/c1-13-10-15(19-23-13)12-20-6-8-21(9-7-20)17(22)11-14-4-2-3-5-16(14)18/h2-5,10H,6-9,11-12H2,1H3. The van der Waals surface area contributed by atoms with Crippen LogP contribution >= 0.6 is 0 Å². The zero-order valence-electron chi connectivity index (χ0n) is 13.2. The molecule has 23 heavy (non-hydrogen) atoms. The molecule has 1 aromatic carbocycles. The van der Waals surface area contributed by atoms with Gasteiger partial charge in [0.15, 0.2) is 0 Å². The predicted molar refractivity (Wildman–Crippen MR) is 83.2 cm³/mol. The largest absolute Gasteiger partial charge is 0.361 e. The second-order valence-corrected chi connectivity index (χ2v) is 5.85. The Hall–Kier alpha value is -2.21. The van der Waals surface area contributed by atoms with Gasteiger partial charge < -0.3 is 9.42 Å². The molecule has 0 N–H and O–H groups in total. The van der Waals surface area contributed by atoms with Crippen LogP contribution in [0.1, 0.15) is 17.0 Å². The van der Waals surface area contributed by atoms with Crippen LogP contribution in [-0.4, -0.2) is 47.0 Å². The molecule has 122 valence electrons. The molecule has 0 spiro atoms. The fraction of sp³-hybridized carbons (Fsp3) is 0.412. The molecule has 1 aliphatic heterocycles. The van der Waals surface area contributed by atoms with Gasteiger partial charge in [0, 0.05) is 38.8 Å². The smallest absolute Gasteiger partial charge is 0.227 e. The second-order valence-electron chi connectivity index (χ2n) is 5.85. The maximum Gasteiger partial charge on any atom is 0.227 e. The van der Waals surface area contributed by atoms with Gasteiger partial charge in [0.2, 0.25) is 5.91 Å². The first-order valence-electron chi connectivity index (χ1n) is 7.77. The van der Waals surface area contributed by atoms with Crippen molar-refractivity contribution in [3.63, 3.8) is 0 Å². The summed E-state index contributed by atoms with van der Waals surface area (Å²) in [5.74, 6) is 0.464. The maximum atomic E-state index is 13.6. The lowest BCUT2D eigenvalue weighted by molar-refractivity contribution is -0.132. The molecule has 3 rings (SSSR count). The number of carbonyl (C=O) groups excluding carboxylic acids is 1. The summed E-state index contributed by atoms with van der Waals surface area (Å²) in [4.78, 5) is 16.3.